The van der Waals surface area contributed by atoms with Crippen molar-refractivity contribution in [2.24, 2.45) is 4.99 Å². The fourth-order valence-electron chi connectivity index (χ4n) is 2.95. The van der Waals surface area contributed by atoms with Crippen LogP contribution in [0.2, 0.25) is 0 Å². The Balaban J connectivity index is 1.91. The summed E-state index contributed by atoms with van der Waals surface area (Å²) in [5.41, 5.74) is 3.98. The Morgan fingerprint density at radius 2 is 1.92 bits per heavy atom. The normalized spacial score (nSPS) is 13.8. The molecule has 126 valence electrons. The molecule has 0 saturated carbocycles. The van der Waals surface area contributed by atoms with Gasteiger partial charge < -0.3 is 9.64 Å². The Hall–Kier alpha value is -2.14. The van der Waals surface area contributed by atoms with Crippen molar-refractivity contribution in [2.75, 3.05) is 26.1 Å². The molecular formula is C19H22N2O2S. The zero-order valence-corrected chi connectivity index (χ0v) is 15.2. The molecule has 0 amide bonds. The summed E-state index contributed by atoms with van der Waals surface area (Å²) in [5, 5.41) is 0.769. The Morgan fingerprint density at radius 1 is 1.21 bits per heavy atom. The van der Waals surface area contributed by atoms with Crippen LogP contribution in [0.4, 0.5) is 10.7 Å². The van der Waals surface area contributed by atoms with Crippen LogP contribution in [-0.2, 0) is 17.6 Å². The number of rotatable bonds is 4. The topological polar surface area (TPSA) is 41.9 Å². The molecule has 2 aromatic rings. The number of ether oxygens (including phenoxy) is 1. The highest BCUT2D eigenvalue weighted by Crippen LogP contribution is 2.40. The number of carbonyl (C=O) groups is 1. The second kappa shape index (κ2) is 7.18. The number of esters is 1. The standard InChI is InChI=1S/C19H22N2O2S/c1-21(2)14-10-8-13(9-11-14)12-20-18-17(19(22)23-3)15-6-4-5-7-16(15)24-18/h8-12H,4-7H2,1-3H3. The minimum absolute atomic E-state index is 0.274. The van der Waals surface area contributed by atoms with Crippen LogP contribution in [0.5, 0.6) is 0 Å². The Morgan fingerprint density at radius 3 is 2.58 bits per heavy atom. The second-order valence-electron chi connectivity index (χ2n) is 6.13. The number of anilines is 1. The van der Waals surface area contributed by atoms with Crippen LogP contribution in [0.1, 0.15) is 39.2 Å². The summed E-state index contributed by atoms with van der Waals surface area (Å²) in [6, 6.07) is 8.18. The van der Waals surface area contributed by atoms with Gasteiger partial charge in [0.1, 0.15) is 5.00 Å². The van der Waals surface area contributed by atoms with E-state index in [0.29, 0.717) is 5.56 Å². The summed E-state index contributed by atoms with van der Waals surface area (Å²) < 4.78 is 4.98. The number of thiophene rings is 1. The van der Waals surface area contributed by atoms with Crippen LogP contribution in [0.3, 0.4) is 0 Å². The molecule has 0 unspecified atom stereocenters. The van der Waals surface area contributed by atoms with Gasteiger partial charge in [0, 0.05) is 30.9 Å². The lowest BCUT2D eigenvalue weighted by molar-refractivity contribution is 0.0601. The molecule has 1 aliphatic carbocycles. The molecular weight excluding hydrogens is 320 g/mol. The van der Waals surface area contributed by atoms with Crippen molar-refractivity contribution in [1.82, 2.24) is 0 Å². The third-order valence-electron chi connectivity index (χ3n) is 4.28. The lowest BCUT2D eigenvalue weighted by Crippen LogP contribution is -2.08. The molecule has 0 saturated heterocycles. The first-order chi connectivity index (χ1) is 11.6. The number of aryl methyl sites for hydroxylation is 1. The van der Waals surface area contributed by atoms with Crippen molar-refractivity contribution in [1.29, 1.82) is 0 Å². The van der Waals surface area contributed by atoms with Gasteiger partial charge in [-0.15, -0.1) is 11.3 Å². The molecule has 0 bridgehead atoms. The Kier molecular flexibility index (Phi) is 5.00. The van der Waals surface area contributed by atoms with Crippen LogP contribution >= 0.6 is 11.3 Å². The predicted octanol–water partition coefficient (Wildman–Crippen LogP) is 4.23. The van der Waals surface area contributed by atoms with E-state index in [-0.39, 0.29) is 5.97 Å². The summed E-state index contributed by atoms with van der Waals surface area (Å²) in [6.07, 6.45) is 6.12. The quantitative estimate of drug-likeness (QED) is 0.617. The summed E-state index contributed by atoms with van der Waals surface area (Å²) in [6.45, 7) is 0. The number of benzene rings is 1. The summed E-state index contributed by atoms with van der Waals surface area (Å²) in [5.74, 6) is -0.274. The number of methoxy groups -OCH3 is 1. The van der Waals surface area contributed by atoms with Crippen LogP contribution in [-0.4, -0.2) is 33.4 Å². The molecule has 3 rings (SSSR count). The van der Waals surface area contributed by atoms with Gasteiger partial charge in [-0.1, -0.05) is 12.1 Å². The number of hydrogen-bond donors (Lipinski definition) is 0. The molecule has 24 heavy (non-hydrogen) atoms. The first kappa shape index (κ1) is 16.7. The van der Waals surface area contributed by atoms with Crippen LogP contribution in [0.15, 0.2) is 29.3 Å². The van der Waals surface area contributed by atoms with Crippen LogP contribution < -0.4 is 4.90 Å². The molecule has 4 nitrogen and oxygen atoms in total. The second-order valence-corrected chi connectivity index (χ2v) is 7.21. The number of aliphatic imine (C=N–C) groups is 1. The minimum atomic E-state index is -0.274. The van der Waals surface area contributed by atoms with Gasteiger partial charge in [-0.3, -0.25) is 0 Å². The molecule has 1 aliphatic rings. The first-order valence-corrected chi connectivity index (χ1v) is 8.96. The van der Waals surface area contributed by atoms with E-state index in [2.05, 4.69) is 22.0 Å². The van der Waals surface area contributed by atoms with Gasteiger partial charge in [-0.05, 0) is 48.9 Å². The van der Waals surface area contributed by atoms with Crippen molar-refractivity contribution in [3.8, 4) is 0 Å². The highest BCUT2D eigenvalue weighted by molar-refractivity contribution is 7.16. The molecule has 5 heteroatoms. The monoisotopic (exact) mass is 342 g/mol. The summed E-state index contributed by atoms with van der Waals surface area (Å²) in [7, 11) is 5.46. The smallest absolute Gasteiger partial charge is 0.341 e. The van der Waals surface area contributed by atoms with E-state index in [1.165, 1.54) is 18.4 Å². The van der Waals surface area contributed by atoms with Crippen molar-refractivity contribution < 1.29 is 9.53 Å². The number of hydrogen-bond acceptors (Lipinski definition) is 5. The van der Waals surface area contributed by atoms with E-state index >= 15 is 0 Å². The van der Waals surface area contributed by atoms with Crippen molar-refractivity contribution in [3.63, 3.8) is 0 Å². The summed E-state index contributed by atoms with van der Waals surface area (Å²) >= 11 is 1.63. The minimum Gasteiger partial charge on any atom is -0.465 e. The maximum Gasteiger partial charge on any atom is 0.341 e. The lowest BCUT2D eigenvalue weighted by Gasteiger charge is -2.11. The average Bonchev–Trinajstić information content (AvgIpc) is 2.98. The number of fused-ring (bicyclic) bond motifs is 1. The first-order valence-electron chi connectivity index (χ1n) is 8.14. The van der Waals surface area contributed by atoms with E-state index < -0.39 is 0 Å². The Bertz CT molecular complexity index is 760. The molecule has 0 N–H and O–H groups in total. The van der Waals surface area contributed by atoms with Gasteiger partial charge in [0.25, 0.3) is 0 Å². The number of nitrogens with zero attached hydrogens (tertiary/aromatic N) is 2. The Labute approximate surface area is 146 Å². The van der Waals surface area contributed by atoms with Crippen molar-refractivity contribution in [2.45, 2.75) is 25.7 Å². The summed E-state index contributed by atoms with van der Waals surface area (Å²) in [4.78, 5) is 20.2. The van der Waals surface area contributed by atoms with E-state index in [9.17, 15) is 4.79 Å². The molecule has 0 radical (unpaired) electrons. The van der Waals surface area contributed by atoms with Crippen molar-refractivity contribution in [3.05, 3.63) is 45.8 Å². The predicted molar refractivity (Wildman–Crippen MR) is 100 cm³/mol. The highest BCUT2D eigenvalue weighted by atomic mass is 32.1. The van der Waals surface area contributed by atoms with E-state index in [1.807, 2.05) is 32.4 Å². The maximum atomic E-state index is 12.2. The zero-order valence-electron chi connectivity index (χ0n) is 14.3. The van der Waals surface area contributed by atoms with Crippen LogP contribution in [0, 0.1) is 0 Å². The maximum absolute atomic E-state index is 12.2. The molecule has 1 aromatic carbocycles. The highest BCUT2D eigenvalue weighted by Gasteiger charge is 2.25. The van der Waals surface area contributed by atoms with E-state index in [4.69, 9.17) is 4.74 Å². The van der Waals surface area contributed by atoms with E-state index in [0.717, 1.165) is 41.1 Å². The van der Waals surface area contributed by atoms with Gasteiger partial charge in [-0.2, -0.15) is 0 Å². The number of carbonyl (C=O) groups excluding carboxylic acids is 1. The fraction of sp³-hybridized carbons (Fsp3) is 0.368. The van der Waals surface area contributed by atoms with E-state index in [1.54, 1.807) is 11.3 Å². The average molecular weight is 342 g/mol. The third-order valence-corrected chi connectivity index (χ3v) is 5.48. The van der Waals surface area contributed by atoms with Gasteiger partial charge in [-0.25, -0.2) is 9.79 Å². The zero-order chi connectivity index (χ0) is 17.1. The van der Waals surface area contributed by atoms with Gasteiger partial charge >= 0.3 is 5.97 Å². The van der Waals surface area contributed by atoms with Crippen molar-refractivity contribution >= 4 is 34.2 Å². The fourth-order valence-corrected chi connectivity index (χ4v) is 4.17. The van der Waals surface area contributed by atoms with Gasteiger partial charge in [0.2, 0.25) is 0 Å². The molecule has 0 spiro atoms. The van der Waals surface area contributed by atoms with Crippen LogP contribution in [0.25, 0.3) is 0 Å². The molecule has 1 aromatic heterocycles. The van der Waals surface area contributed by atoms with Gasteiger partial charge in [0.15, 0.2) is 0 Å². The molecule has 0 atom stereocenters. The largest absolute Gasteiger partial charge is 0.465 e. The molecule has 0 aliphatic heterocycles. The molecule has 1 heterocycles. The lowest BCUT2D eigenvalue weighted by atomic mass is 9.95. The van der Waals surface area contributed by atoms with Gasteiger partial charge in [0.05, 0.1) is 12.7 Å². The SMILES string of the molecule is COC(=O)c1c(N=Cc2ccc(N(C)C)cc2)sc2c1CCCC2. The third kappa shape index (κ3) is 3.36. The molecule has 0 fully saturated rings.